The molecule has 0 radical (unpaired) electrons. The fraction of sp³-hybridized carbons (Fsp3) is 0.440. The number of carbonyl (C=O) groups excluding carboxylic acids is 2. The van der Waals surface area contributed by atoms with Crippen LogP contribution in [0.25, 0.3) is 11.4 Å². The molecule has 186 valence electrons. The third-order valence-corrected chi connectivity index (χ3v) is 7.90. The molecule has 10 heteroatoms. The fourth-order valence-corrected chi connectivity index (χ4v) is 5.92. The van der Waals surface area contributed by atoms with Gasteiger partial charge in [-0.15, -0.1) is 21.5 Å². The molecule has 8 nitrogen and oxygen atoms in total. The SMILES string of the molecule is COC(=O)c1c(NC(=O)CSc2nnc(-c3ccc(OCC(C)C)cc3)n2C)sc2c1CCCC2. The molecule has 0 bridgehead atoms. The molecule has 35 heavy (non-hydrogen) atoms. The summed E-state index contributed by atoms with van der Waals surface area (Å²) in [6.45, 7) is 4.89. The van der Waals surface area contributed by atoms with Crippen molar-refractivity contribution in [3.05, 3.63) is 40.3 Å². The lowest BCUT2D eigenvalue weighted by molar-refractivity contribution is -0.113. The number of anilines is 1. The highest BCUT2D eigenvalue weighted by Gasteiger charge is 2.27. The van der Waals surface area contributed by atoms with Crippen molar-refractivity contribution in [1.29, 1.82) is 0 Å². The van der Waals surface area contributed by atoms with Crippen LogP contribution in [0.5, 0.6) is 5.75 Å². The number of ether oxygens (including phenoxy) is 2. The van der Waals surface area contributed by atoms with Crippen molar-refractivity contribution in [3.63, 3.8) is 0 Å². The second-order valence-electron chi connectivity index (χ2n) is 8.84. The van der Waals surface area contributed by atoms with E-state index in [2.05, 4.69) is 29.4 Å². The second-order valence-corrected chi connectivity index (χ2v) is 10.9. The van der Waals surface area contributed by atoms with Crippen molar-refractivity contribution in [2.75, 3.05) is 24.8 Å². The Morgan fingerprint density at radius 1 is 1.17 bits per heavy atom. The van der Waals surface area contributed by atoms with Crippen LogP contribution in [-0.2, 0) is 29.4 Å². The number of amides is 1. The second kappa shape index (κ2) is 11.3. The third-order valence-electron chi connectivity index (χ3n) is 5.68. The van der Waals surface area contributed by atoms with Crippen molar-refractivity contribution in [2.24, 2.45) is 13.0 Å². The summed E-state index contributed by atoms with van der Waals surface area (Å²) in [5, 5.41) is 12.7. The van der Waals surface area contributed by atoms with E-state index in [0.29, 0.717) is 34.1 Å². The average Bonchev–Trinajstić information content (AvgIpc) is 3.40. The van der Waals surface area contributed by atoms with Gasteiger partial charge >= 0.3 is 5.97 Å². The lowest BCUT2D eigenvalue weighted by atomic mass is 9.95. The molecule has 0 atom stereocenters. The van der Waals surface area contributed by atoms with Gasteiger partial charge in [-0.2, -0.15) is 0 Å². The van der Waals surface area contributed by atoms with Gasteiger partial charge in [0.15, 0.2) is 11.0 Å². The molecular weight excluding hydrogens is 484 g/mol. The number of hydrogen-bond acceptors (Lipinski definition) is 8. The number of nitrogens with zero attached hydrogens (tertiary/aromatic N) is 3. The molecule has 1 N–H and O–H groups in total. The number of thiophene rings is 1. The minimum atomic E-state index is -0.397. The monoisotopic (exact) mass is 514 g/mol. The van der Waals surface area contributed by atoms with E-state index >= 15 is 0 Å². The maximum Gasteiger partial charge on any atom is 0.341 e. The van der Waals surface area contributed by atoms with E-state index in [4.69, 9.17) is 9.47 Å². The summed E-state index contributed by atoms with van der Waals surface area (Å²) < 4.78 is 12.6. The van der Waals surface area contributed by atoms with Crippen LogP contribution in [-0.4, -0.2) is 46.1 Å². The summed E-state index contributed by atoms with van der Waals surface area (Å²) in [6.07, 6.45) is 3.91. The van der Waals surface area contributed by atoms with E-state index in [9.17, 15) is 9.59 Å². The first-order valence-electron chi connectivity index (χ1n) is 11.7. The van der Waals surface area contributed by atoms with E-state index in [1.807, 2.05) is 35.9 Å². The van der Waals surface area contributed by atoms with Crippen LogP contribution in [0.15, 0.2) is 29.4 Å². The van der Waals surface area contributed by atoms with Gasteiger partial charge in [-0.25, -0.2) is 4.79 Å². The van der Waals surface area contributed by atoms with Crippen molar-refractivity contribution in [1.82, 2.24) is 14.8 Å². The van der Waals surface area contributed by atoms with Crippen LogP contribution in [0.2, 0.25) is 0 Å². The van der Waals surface area contributed by atoms with E-state index in [-0.39, 0.29) is 11.7 Å². The third kappa shape index (κ3) is 5.87. The van der Waals surface area contributed by atoms with Crippen LogP contribution >= 0.6 is 23.1 Å². The first-order chi connectivity index (χ1) is 16.9. The Hall–Kier alpha value is -2.85. The van der Waals surface area contributed by atoms with Crippen LogP contribution in [0.4, 0.5) is 5.00 Å². The number of nitrogens with one attached hydrogen (secondary N) is 1. The number of fused-ring (bicyclic) bond motifs is 1. The first-order valence-corrected chi connectivity index (χ1v) is 13.5. The minimum absolute atomic E-state index is 0.150. The summed E-state index contributed by atoms with van der Waals surface area (Å²) in [6, 6.07) is 7.75. The molecule has 1 aliphatic rings. The normalized spacial score (nSPS) is 12.9. The van der Waals surface area contributed by atoms with Crippen molar-refractivity contribution >= 4 is 40.0 Å². The number of thioether (sulfide) groups is 1. The lowest BCUT2D eigenvalue weighted by Crippen LogP contribution is -2.17. The zero-order valence-corrected chi connectivity index (χ0v) is 22.1. The number of esters is 1. The topological polar surface area (TPSA) is 95.3 Å². The smallest absolute Gasteiger partial charge is 0.341 e. The van der Waals surface area contributed by atoms with Crippen molar-refractivity contribution < 1.29 is 19.1 Å². The number of benzene rings is 1. The summed E-state index contributed by atoms with van der Waals surface area (Å²) in [7, 11) is 3.25. The van der Waals surface area contributed by atoms with Gasteiger partial charge in [0.25, 0.3) is 0 Å². The van der Waals surface area contributed by atoms with Crippen molar-refractivity contribution in [3.8, 4) is 17.1 Å². The molecule has 0 saturated carbocycles. The molecule has 1 amide bonds. The zero-order chi connectivity index (χ0) is 24.9. The van der Waals surface area contributed by atoms with Crippen LogP contribution < -0.4 is 10.1 Å². The molecule has 0 spiro atoms. The van der Waals surface area contributed by atoms with E-state index in [0.717, 1.165) is 47.4 Å². The van der Waals surface area contributed by atoms with Crippen LogP contribution in [0.1, 0.15) is 47.5 Å². The van der Waals surface area contributed by atoms with E-state index in [1.165, 1.54) is 30.2 Å². The fourth-order valence-electron chi connectivity index (χ4n) is 3.92. The maximum absolute atomic E-state index is 12.7. The Bertz CT molecular complexity index is 1200. The molecule has 0 saturated heterocycles. The molecule has 1 aromatic carbocycles. The minimum Gasteiger partial charge on any atom is -0.493 e. The Labute approximate surface area is 213 Å². The van der Waals surface area contributed by atoms with Crippen molar-refractivity contribution in [2.45, 2.75) is 44.7 Å². The lowest BCUT2D eigenvalue weighted by Gasteiger charge is -2.11. The highest BCUT2D eigenvalue weighted by Crippen LogP contribution is 2.38. The Balaban J connectivity index is 1.40. The quantitative estimate of drug-likeness (QED) is 0.318. The van der Waals surface area contributed by atoms with Gasteiger partial charge < -0.3 is 19.4 Å². The van der Waals surface area contributed by atoms with Gasteiger partial charge in [0.1, 0.15) is 10.8 Å². The van der Waals surface area contributed by atoms with Gasteiger partial charge in [0.05, 0.1) is 25.0 Å². The highest BCUT2D eigenvalue weighted by molar-refractivity contribution is 7.99. The van der Waals surface area contributed by atoms with E-state index in [1.54, 1.807) is 0 Å². The number of rotatable bonds is 9. The summed E-state index contributed by atoms with van der Waals surface area (Å²) in [5.41, 5.74) is 2.45. The maximum atomic E-state index is 12.7. The standard InChI is InChI=1S/C25H30N4O4S2/c1-15(2)13-33-17-11-9-16(10-12-17)22-27-28-25(29(22)3)34-14-20(30)26-23-21(24(31)32-4)18-7-5-6-8-19(18)35-23/h9-12,15H,5-8,13-14H2,1-4H3,(H,26,30). The van der Waals surface area contributed by atoms with Gasteiger partial charge in [-0.05, 0) is 61.4 Å². The Kier molecular flexibility index (Phi) is 8.12. The predicted octanol–water partition coefficient (Wildman–Crippen LogP) is 4.97. The molecule has 1 aliphatic carbocycles. The summed E-state index contributed by atoms with van der Waals surface area (Å²) in [5.74, 6) is 1.54. The Morgan fingerprint density at radius 2 is 1.91 bits per heavy atom. The molecule has 0 unspecified atom stereocenters. The molecule has 4 rings (SSSR count). The largest absolute Gasteiger partial charge is 0.493 e. The number of hydrogen-bond donors (Lipinski definition) is 1. The molecule has 0 aliphatic heterocycles. The average molecular weight is 515 g/mol. The number of aromatic nitrogens is 3. The molecule has 0 fully saturated rings. The predicted molar refractivity (Wildman–Crippen MR) is 138 cm³/mol. The van der Waals surface area contributed by atoms with Crippen LogP contribution in [0, 0.1) is 5.92 Å². The van der Waals surface area contributed by atoms with Crippen LogP contribution in [0.3, 0.4) is 0 Å². The van der Waals surface area contributed by atoms with E-state index < -0.39 is 5.97 Å². The number of carbonyl (C=O) groups is 2. The molecule has 3 aromatic rings. The number of aryl methyl sites for hydroxylation is 1. The van der Waals surface area contributed by atoms with Gasteiger partial charge in [-0.3, -0.25) is 4.79 Å². The molecular formula is C25H30N4O4S2. The zero-order valence-electron chi connectivity index (χ0n) is 20.4. The summed E-state index contributed by atoms with van der Waals surface area (Å²) in [4.78, 5) is 26.3. The number of methoxy groups -OCH3 is 1. The van der Waals surface area contributed by atoms with Gasteiger partial charge in [0, 0.05) is 17.5 Å². The summed E-state index contributed by atoms with van der Waals surface area (Å²) >= 11 is 2.78. The van der Waals surface area contributed by atoms with Gasteiger partial charge in [0.2, 0.25) is 5.91 Å². The highest BCUT2D eigenvalue weighted by atomic mass is 32.2. The molecule has 2 aromatic heterocycles. The molecule has 2 heterocycles. The Morgan fingerprint density at radius 3 is 2.63 bits per heavy atom. The first kappa shape index (κ1) is 25.2. The van der Waals surface area contributed by atoms with Gasteiger partial charge in [-0.1, -0.05) is 25.6 Å².